The zero-order valence-electron chi connectivity index (χ0n) is 9.72. The highest BCUT2D eigenvalue weighted by molar-refractivity contribution is 5.61. The Morgan fingerprint density at radius 3 is 2.50 bits per heavy atom. The van der Waals surface area contributed by atoms with Gasteiger partial charge in [0.1, 0.15) is 0 Å². The first-order valence-electron chi connectivity index (χ1n) is 5.44. The summed E-state index contributed by atoms with van der Waals surface area (Å²) in [6.45, 7) is 4.73. The first-order valence-corrected chi connectivity index (χ1v) is 5.44. The molecule has 16 heavy (non-hydrogen) atoms. The molecule has 1 heterocycles. The third-order valence-corrected chi connectivity index (χ3v) is 2.81. The van der Waals surface area contributed by atoms with Crippen LogP contribution in [0.4, 0.5) is 0 Å². The van der Waals surface area contributed by atoms with Crippen LogP contribution in [0.5, 0.6) is 0 Å². The van der Waals surface area contributed by atoms with Crippen molar-refractivity contribution in [3.63, 3.8) is 0 Å². The molecule has 1 aromatic carbocycles. The number of nitrogens with zero attached hydrogens (tertiary/aromatic N) is 2. The van der Waals surface area contributed by atoms with Gasteiger partial charge in [0.15, 0.2) is 0 Å². The number of benzene rings is 1. The third kappa shape index (κ3) is 1.99. The second-order valence-corrected chi connectivity index (χ2v) is 4.56. The summed E-state index contributed by atoms with van der Waals surface area (Å²) in [5.41, 5.74) is 7.90. The quantitative estimate of drug-likeness (QED) is 0.853. The van der Waals surface area contributed by atoms with Crippen LogP contribution in [-0.4, -0.2) is 16.3 Å². The van der Waals surface area contributed by atoms with E-state index in [9.17, 15) is 0 Å². The van der Waals surface area contributed by atoms with Gasteiger partial charge in [0.25, 0.3) is 0 Å². The highest BCUT2D eigenvalue weighted by atomic mass is 15.3. The molecule has 3 heteroatoms. The summed E-state index contributed by atoms with van der Waals surface area (Å²) in [6, 6.07) is 10.2. The van der Waals surface area contributed by atoms with Crippen LogP contribution in [0.1, 0.15) is 13.8 Å². The van der Waals surface area contributed by atoms with Gasteiger partial charge in [-0.3, -0.25) is 4.68 Å². The van der Waals surface area contributed by atoms with Crippen molar-refractivity contribution in [1.29, 1.82) is 0 Å². The molecule has 0 atom stereocenters. The van der Waals surface area contributed by atoms with E-state index in [4.69, 9.17) is 5.73 Å². The predicted octanol–water partition coefficient (Wildman–Crippen LogP) is 2.24. The number of hydrogen-bond donors (Lipinski definition) is 1. The molecule has 2 rings (SSSR count). The topological polar surface area (TPSA) is 43.8 Å². The van der Waals surface area contributed by atoms with Crippen molar-refractivity contribution in [2.45, 2.75) is 19.4 Å². The molecule has 0 radical (unpaired) electrons. The molecule has 84 valence electrons. The van der Waals surface area contributed by atoms with Crippen molar-refractivity contribution in [1.82, 2.24) is 9.78 Å². The largest absolute Gasteiger partial charge is 0.328 e. The number of nitrogens with two attached hydrogens (primary N) is 1. The maximum Gasteiger partial charge on any atom is 0.0693 e. The van der Waals surface area contributed by atoms with Crippen molar-refractivity contribution in [3.05, 3.63) is 42.7 Å². The van der Waals surface area contributed by atoms with Gasteiger partial charge in [-0.2, -0.15) is 5.10 Å². The molecule has 0 aliphatic carbocycles. The van der Waals surface area contributed by atoms with Gasteiger partial charge in [-0.1, -0.05) is 30.3 Å². The fourth-order valence-electron chi connectivity index (χ4n) is 1.53. The van der Waals surface area contributed by atoms with E-state index in [0.717, 1.165) is 5.56 Å². The van der Waals surface area contributed by atoms with Gasteiger partial charge < -0.3 is 5.73 Å². The van der Waals surface area contributed by atoms with Crippen LogP contribution >= 0.6 is 0 Å². The van der Waals surface area contributed by atoms with Crippen LogP contribution in [-0.2, 0) is 5.54 Å². The average molecular weight is 215 g/mol. The lowest BCUT2D eigenvalue weighted by molar-refractivity contribution is 0.330. The molecule has 0 amide bonds. The van der Waals surface area contributed by atoms with E-state index in [1.165, 1.54) is 5.56 Å². The maximum absolute atomic E-state index is 5.73. The third-order valence-electron chi connectivity index (χ3n) is 2.81. The van der Waals surface area contributed by atoms with Gasteiger partial charge in [-0.15, -0.1) is 0 Å². The monoisotopic (exact) mass is 215 g/mol. The molecule has 0 bridgehead atoms. The highest BCUT2D eigenvalue weighted by Crippen LogP contribution is 2.21. The second kappa shape index (κ2) is 4.10. The zero-order valence-corrected chi connectivity index (χ0v) is 9.72. The van der Waals surface area contributed by atoms with Gasteiger partial charge >= 0.3 is 0 Å². The van der Waals surface area contributed by atoms with Crippen LogP contribution in [0.15, 0.2) is 42.7 Å². The summed E-state index contributed by atoms with van der Waals surface area (Å²) in [4.78, 5) is 0. The minimum absolute atomic E-state index is 0.132. The Hall–Kier alpha value is -1.61. The molecule has 3 nitrogen and oxygen atoms in total. The Morgan fingerprint density at radius 2 is 1.88 bits per heavy atom. The average Bonchev–Trinajstić information content (AvgIpc) is 2.80. The van der Waals surface area contributed by atoms with Crippen molar-refractivity contribution in [2.24, 2.45) is 5.73 Å². The molecule has 0 aliphatic rings. The van der Waals surface area contributed by atoms with E-state index in [-0.39, 0.29) is 5.54 Å². The molecule has 1 aromatic heterocycles. The van der Waals surface area contributed by atoms with Crippen LogP contribution in [0.3, 0.4) is 0 Å². The summed E-state index contributed by atoms with van der Waals surface area (Å²) < 4.78 is 1.93. The lowest BCUT2D eigenvalue weighted by Gasteiger charge is -2.22. The van der Waals surface area contributed by atoms with E-state index >= 15 is 0 Å². The van der Waals surface area contributed by atoms with Gasteiger partial charge in [0, 0.05) is 18.3 Å². The van der Waals surface area contributed by atoms with Crippen LogP contribution in [0.2, 0.25) is 0 Å². The lowest BCUT2D eigenvalue weighted by Crippen LogP contribution is -2.35. The molecule has 0 aliphatic heterocycles. The Bertz CT molecular complexity index is 457. The fraction of sp³-hybridized carbons (Fsp3) is 0.308. The van der Waals surface area contributed by atoms with Gasteiger partial charge in [0.05, 0.1) is 11.7 Å². The number of hydrogen-bond acceptors (Lipinski definition) is 2. The molecule has 2 N–H and O–H groups in total. The fourth-order valence-corrected chi connectivity index (χ4v) is 1.53. The van der Waals surface area contributed by atoms with Gasteiger partial charge in [0.2, 0.25) is 0 Å². The summed E-state index contributed by atoms with van der Waals surface area (Å²) >= 11 is 0. The molecule has 0 saturated heterocycles. The molecular weight excluding hydrogens is 198 g/mol. The second-order valence-electron chi connectivity index (χ2n) is 4.56. The van der Waals surface area contributed by atoms with E-state index in [0.29, 0.717) is 6.54 Å². The van der Waals surface area contributed by atoms with Crippen molar-refractivity contribution < 1.29 is 0 Å². The van der Waals surface area contributed by atoms with Crippen LogP contribution in [0, 0.1) is 0 Å². The summed E-state index contributed by atoms with van der Waals surface area (Å²) in [5, 5.41) is 4.37. The van der Waals surface area contributed by atoms with Crippen molar-refractivity contribution in [3.8, 4) is 11.1 Å². The lowest BCUT2D eigenvalue weighted by atomic mass is 10.1. The maximum atomic E-state index is 5.73. The van der Waals surface area contributed by atoms with Crippen LogP contribution in [0.25, 0.3) is 11.1 Å². The molecule has 0 unspecified atom stereocenters. The Labute approximate surface area is 95.9 Å². The summed E-state index contributed by atoms with van der Waals surface area (Å²) in [7, 11) is 0. The zero-order chi connectivity index (χ0) is 11.6. The van der Waals surface area contributed by atoms with E-state index in [1.807, 2.05) is 35.3 Å². The number of aromatic nitrogens is 2. The van der Waals surface area contributed by atoms with Crippen molar-refractivity contribution in [2.75, 3.05) is 6.54 Å². The highest BCUT2D eigenvalue weighted by Gasteiger charge is 2.18. The van der Waals surface area contributed by atoms with E-state index in [1.54, 1.807) is 0 Å². The first kappa shape index (κ1) is 10.9. The molecular formula is C13H17N3. The Morgan fingerprint density at radius 1 is 1.19 bits per heavy atom. The van der Waals surface area contributed by atoms with E-state index in [2.05, 4.69) is 31.1 Å². The standard InChI is InChI=1S/C13H17N3/c1-13(2,10-14)16-9-12(8-15-16)11-6-4-3-5-7-11/h3-9H,10,14H2,1-2H3. The van der Waals surface area contributed by atoms with Crippen LogP contribution < -0.4 is 5.73 Å². The first-order chi connectivity index (χ1) is 7.63. The molecule has 0 spiro atoms. The minimum Gasteiger partial charge on any atom is -0.328 e. The van der Waals surface area contributed by atoms with Gasteiger partial charge in [-0.25, -0.2) is 0 Å². The Balaban J connectivity index is 2.34. The predicted molar refractivity (Wildman–Crippen MR) is 66.0 cm³/mol. The SMILES string of the molecule is CC(C)(CN)n1cc(-c2ccccc2)cn1. The molecule has 0 saturated carbocycles. The van der Waals surface area contributed by atoms with Gasteiger partial charge in [-0.05, 0) is 19.4 Å². The normalized spacial score (nSPS) is 11.7. The Kier molecular flexibility index (Phi) is 2.79. The smallest absolute Gasteiger partial charge is 0.0693 e. The summed E-state index contributed by atoms with van der Waals surface area (Å²) in [6.07, 6.45) is 3.93. The molecule has 2 aromatic rings. The minimum atomic E-state index is -0.132. The summed E-state index contributed by atoms with van der Waals surface area (Å²) in [5.74, 6) is 0. The number of rotatable bonds is 3. The molecule has 0 fully saturated rings. The van der Waals surface area contributed by atoms with Crippen molar-refractivity contribution >= 4 is 0 Å². The van der Waals surface area contributed by atoms with E-state index < -0.39 is 0 Å².